The van der Waals surface area contributed by atoms with Crippen LogP contribution in [-0.4, -0.2) is 23.6 Å². The third-order valence-electron chi connectivity index (χ3n) is 5.00. The molecule has 1 aromatic carbocycles. The molecule has 0 radical (unpaired) electrons. The second-order valence-corrected chi connectivity index (χ2v) is 7.42. The number of rotatable bonds is 4. The highest BCUT2D eigenvalue weighted by atomic mass is 19.4. The van der Waals surface area contributed by atoms with Gasteiger partial charge in [0, 0.05) is 47.5 Å². The monoisotopic (exact) mass is 391 g/mol. The number of dihydropyridines is 1. The normalized spacial score (nSPS) is 15.1. The molecule has 150 valence electrons. The molecule has 0 saturated heterocycles. The zero-order chi connectivity index (χ0) is 20.6. The summed E-state index contributed by atoms with van der Waals surface area (Å²) in [6, 6.07) is 3.72. The Labute approximate surface area is 162 Å². The second-order valence-electron chi connectivity index (χ2n) is 7.42. The smallest absolute Gasteiger partial charge is 0.385 e. The van der Waals surface area contributed by atoms with Crippen LogP contribution in [0, 0.1) is 0 Å². The van der Waals surface area contributed by atoms with Crippen molar-refractivity contribution in [2.24, 2.45) is 0 Å². The number of carbonyl (C=O) groups is 1. The number of hydrogen-bond acceptors (Lipinski definition) is 2. The van der Waals surface area contributed by atoms with Gasteiger partial charge in [0.05, 0.1) is 5.56 Å². The number of carbonyl (C=O) groups excluding carboxylic acids is 1. The first kappa shape index (κ1) is 20.0. The molecule has 0 fully saturated rings. The highest BCUT2D eigenvalue weighted by Gasteiger charge is 2.32. The van der Waals surface area contributed by atoms with Crippen molar-refractivity contribution in [2.45, 2.75) is 39.9 Å². The Morgan fingerprint density at radius 1 is 1.29 bits per heavy atom. The summed E-state index contributed by atoms with van der Waals surface area (Å²) in [5.74, 6) is -0.510. The lowest BCUT2D eigenvalue weighted by Gasteiger charge is -2.19. The largest absolute Gasteiger partial charge is 0.416 e. The maximum atomic E-state index is 13.4. The molecule has 4 nitrogen and oxygen atoms in total. The molecule has 0 atom stereocenters. The first-order valence-electron chi connectivity index (χ1n) is 9.18. The minimum absolute atomic E-state index is 0.0203. The van der Waals surface area contributed by atoms with E-state index >= 15 is 0 Å². The minimum Gasteiger partial charge on any atom is -0.385 e. The molecule has 1 aromatic heterocycles. The van der Waals surface area contributed by atoms with Crippen molar-refractivity contribution in [2.75, 3.05) is 13.1 Å². The van der Waals surface area contributed by atoms with Gasteiger partial charge in [0.2, 0.25) is 0 Å². The van der Waals surface area contributed by atoms with Crippen LogP contribution < -0.4 is 10.6 Å². The molecule has 0 unspecified atom stereocenters. The quantitative estimate of drug-likeness (QED) is 0.787. The second kappa shape index (κ2) is 7.37. The van der Waals surface area contributed by atoms with Gasteiger partial charge in [0.25, 0.3) is 5.91 Å². The number of nitrogens with one attached hydrogen (secondary N) is 2. The van der Waals surface area contributed by atoms with Gasteiger partial charge in [-0.3, -0.25) is 4.79 Å². The number of amides is 1. The number of allylic oxidation sites excluding steroid dienone is 3. The van der Waals surface area contributed by atoms with Crippen LogP contribution in [0.5, 0.6) is 0 Å². The van der Waals surface area contributed by atoms with Gasteiger partial charge in [0.1, 0.15) is 0 Å². The molecule has 1 aliphatic rings. The predicted molar refractivity (Wildman–Crippen MR) is 104 cm³/mol. The Hall–Kier alpha value is -2.70. The van der Waals surface area contributed by atoms with E-state index in [0.717, 1.165) is 29.0 Å². The van der Waals surface area contributed by atoms with Crippen LogP contribution in [0.25, 0.3) is 10.9 Å². The number of fused-ring (bicyclic) bond motifs is 1. The Morgan fingerprint density at radius 2 is 2.00 bits per heavy atom. The van der Waals surface area contributed by atoms with Gasteiger partial charge in [-0.25, -0.2) is 0 Å². The summed E-state index contributed by atoms with van der Waals surface area (Å²) in [4.78, 5) is 12.8. The fraction of sp³-hybridized carbons (Fsp3) is 0.381. The van der Waals surface area contributed by atoms with Crippen molar-refractivity contribution in [3.63, 3.8) is 0 Å². The van der Waals surface area contributed by atoms with E-state index in [1.807, 2.05) is 33.8 Å². The number of halogens is 3. The topological polar surface area (TPSA) is 46.1 Å². The van der Waals surface area contributed by atoms with Crippen LogP contribution in [0.1, 0.15) is 49.7 Å². The van der Waals surface area contributed by atoms with Gasteiger partial charge < -0.3 is 15.2 Å². The van der Waals surface area contributed by atoms with Crippen LogP contribution in [0.2, 0.25) is 0 Å². The molecule has 7 heteroatoms. The average Bonchev–Trinajstić information content (AvgIpc) is 3.03. The maximum absolute atomic E-state index is 13.4. The first-order chi connectivity index (χ1) is 13.1. The molecule has 0 saturated carbocycles. The van der Waals surface area contributed by atoms with E-state index in [1.54, 1.807) is 16.8 Å². The van der Waals surface area contributed by atoms with E-state index in [9.17, 15) is 18.0 Å². The summed E-state index contributed by atoms with van der Waals surface area (Å²) in [5.41, 5.74) is 2.72. The molecular formula is C21H24F3N3O. The summed E-state index contributed by atoms with van der Waals surface area (Å²) in [5, 5.41) is 6.50. The van der Waals surface area contributed by atoms with E-state index in [2.05, 4.69) is 10.6 Å². The maximum Gasteiger partial charge on any atom is 0.416 e. The molecule has 2 aromatic rings. The molecule has 0 bridgehead atoms. The van der Waals surface area contributed by atoms with E-state index in [0.29, 0.717) is 17.4 Å². The SMILES string of the molecule is CC1=CC(C)=C(CNC(=O)c2cc(C(F)(F)F)cc3c2ccn3C(C)C)CN1. The zero-order valence-electron chi connectivity index (χ0n) is 16.4. The van der Waals surface area contributed by atoms with E-state index in [-0.39, 0.29) is 18.2 Å². The van der Waals surface area contributed by atoms with Crippen LogP contribution in [0.15, 0.2) is 47.3 Å². The van der Waals surface area contributed by atoms with E-state index in [4.69, 9.17) is 0 Å². The Balaban J connectivity index is 1.97. The summed E-state index contributed by atoms with van der Waals surface area (Å²) in [7, 11) is 0. The standard InChI is InChI=1S/C21H24F3N3O/c1-12(2)27-6-5-17-18(8-16(9-19(17)27)21(22,23)24)20(28)26-11-15-10-25-14(4)7-13(15)3/h5-9,12,25H,10-11H2,1-4H3,(H,26,28). The van der Waals surface area contributed by atoms with Gasteiger partial charge in [0.15, 0.2) is 0 Å². The van der Waals surface area contributed by atoms with Gasteiger partial charge in [-0.15, -0.1) is 0 Å². The highest BCUT2D eigenvalue weighted by Crippen LogP contribution is 2.34. The van der Waals surface area contributed by atoms with Crippen molar-refractivity contribution in [3.8, 4) is 0 Å². The third kappa shape index (κ3) is 3.93. The zero-order valence-corrected chi connectivity index (χ0v) is 16.4. The molecule has 0 aliphatic carbocycles. The number of aromatic nitrogens is 1. The van der Waals surface area contributed by atoms with E-state index < -0.39 is 17.6 Å². The molecule has 1 aliphatic heterocycles. The molecule has 2 heterocycles. The minimum atomic E-state index is -4.52. The number of benzene rings is 1. The van der Waals surface area contributed by atoms with Crippen molar-refractivity contribution < 1.29 is 18.0 Å². The Bertz CT molecular complexity index is 981. The lowest BCUT2D eigenvalue weighted by molar-refractivity contribution is -0.137. The van der Waals surface area contributed by atoms with Crippen LogP contribution in [-0.2, 0) is 6.18 Å². The van der Waals surface area contributed by atoms with Gasteiger partial charge in [-0.1, -0.05) is 0 Å². The fourth-order valence-corrected chi connectivity index (χ4v) is 3.41. The lowest BCUT2D eigenvalue weighted by atomic mass is 10.0. The number of nitrogens with zero attached hydrogens (tertiary/aromatic N) is 1. The summed E-state index contributed by atoms with van der Waals surface area (Å²) < 4.78 is 41.9. The van der Waals surface area contributed by atoms with Crippen molar-refractivity contribution >= 4 is 16.8 Å². The van der Waals surface area contributed by atoms with Gasteiger partial charge in [-0.2, -0.15) is 13.2 Å². The Morgan fingerprint density at radius 3 is 2.61 bits per heavy atom. The highest BCUT2D eigenvalue weighted by molar-refractivity contribution is 6.07. The van der Waals surface area contributed by atoms with Crippen molar-refractivity contribution in [1.29, 1.82) is 0 Å². The Kier molecular flexibility index (Phi) is 5.28. The predicted octanol–water partition coefficient (Wildman–Crippen LogP) is 4.79. The number of hydrogen-bond donors (Lipinski definition) is 2. The van der Waals surface area contributed by atoms with Crippen LogP contribution >= 0.6 is 0 Å². The first-order valence-corrected chi connectivity index (χ1v) is 9.18. The van der Waals surface area contributed by atoms with Crippen molar-refractivity contribution in [3.05, 3.63) is 58.4 Å². The third-order valence-corrected chi connectivity index (χ3v) is 5.00. The lowest BCUT2D eigenvalue weighted by Crippen LogP contribution is -2.31. The van der Waals surface area contributed by atoms with Gasteiger partial charge in [-0.05, 0) is 63.1 Å². The van der Waals surface area contributed by atoms with Crippen LogP contribution in [0.4, 0.5) is 13.2 Å². The molecule has 2 N–H and O–H groups in total. The molecule has 3 rings (SSSR count). The van der Waals surface area contributed by atoms with Gasteiger partial charge >= 0.3 is 6.18 Å². The summed E-state index contributed by atoms with van der Waals surface area (Å²) in [6.45, 7) is 8.58. The molecule has 28 heavy (non-hydrogen) atoms. The van der Waals surface area contributed by atoms with E-state index in [1.165, 1.54) is 0 Å². The van der Waals surface area contributed by atoms with Crippen molar-refractivity contribution in [1.82, 2.24) is 15.2 Å². The summed E-state index contributed by atoms with van der Waals surface area (Å²) in [6.07, 6.45) is -0.822. The van der Waals surface area contributed by atoms with Crippen LogP contribution in [0.3, 0.4) is 0 Å². The number of alkyl halides is 3. The molecule has 0 spiro atoms. The molecular weight excluding hydrogens is 367 g/mol. The summed E-state index contributed by atoms with van der Waals surface area (Å²) >= 11 is 0. The fourth-order valence-electron chi connectivity index (χ4n) is 3.41. The average molecular weight is 391 g/mol. The molecule has 1 amide bonds.